The predicted octanol–water partition coefficient (Wildman–Crippen LogP) is 4.69. The Kier molecular flexibility index (Phi) is 6.74. The summed E-state index contributed by atoms with van der Waals surface area (Å²) in [6, 6.07) is 17.3. The quantitative estimate of drug-likeness (QED) is 0.334. The highest BCUT2D eigenvalue weighted by Gasteiger charge is 2.80. The number of ether oxygens (including phenoxy) is 1. The van der Waals surface area contributed by atoms with Crippen molar-refractivity contribution in [1.82, 2.24) is 4.90 Å². The van der Waals surface area contributed by atoms with E-state index in [1.165, 1.54) is 0 Å². The molecule has 2 aliphatic carbocycles. The molecule has 10 atom stereocenters. The third kappa shape index (κ3) is 3.49. The van der Waals surface area contributed by atoms with Gasteiger partial charge in [0.15, 0.2) is 0 Å². The zero-order valence-electron chi connectivity index (χ0n) is 26.9. The second-order valence-corrected chi connectivity index (χ2v) is 15.5. The highest BCUT2D eigenvalue weighted by molar-refractivity contribution is 6.14. The Morgan fingerprint density at radius 2 is 1.72 bits per heavy atom. The third-order valence-corrected chi connectivity index (χ3v) is 13.9. The van der Waals surface area contributed by atoms with Crippen LogP contribution in [-0.2, 0) is 19.9 Å². The summed E-state index contributed by atoms with van der Waals surface area (Å²) in [6.07, 6.45) is 3.25. The lowest BCUT2D eigenvalue weighted by molar-refractivity contribution is -0.161. The van der Waals surface area contributed by atoms with Crippen molar-refractivity contribution in [2.75, 3.05) is 24.7 Å². The molecule has 2 unspecified atom stereocenters. The molecule has 8 heteroatoms. The monoisotopic (exact) mass is 626 g/mol. The number of amides is 1. The average molecular weight is 627 g/mol. The third-order valence-electron chi connectivity index (χ3n) is 13.9. The van der Waals surface area contributed by atoms with Crippen LogP contribution in [0, 0.1) is 34.0 Å². The number of anilines is 2. The lowest BCUT2D eigenvalue weighted by Crippen LogP contribution is -2.59. The molecule has 2 aromatic carbocycles. The van der Waals surface area contributed by atoms with Crippen molar-refractivity contribution in [3.63, 3.8) is 0 Å². The van der Waals surface area contributed by atoms with Crippen LogP contribution in [0.1, 0.15) is 64.4 Å². The maximum Gasteiger partial charge on any atom is 0.316 e. The number of cyclic esters (lactones) is 1. The van der Waals surface area contributed by atoms with Gasteiger partial charge in [-0.05, 0) is 86.9 Å². The molecule has 8 nitrogen and oxygen atoms in total. The van der Waals surface area contributed by atoms with E-state index < -0.39 is 40.5 Å². The summed E-state index contributed by atoms with van der Waals surface area (Å²) in [4.78, 5) is 34.0. The van der Waals surface area contributed by atoms with Crippen LogP contribution in [0.4, 0.5) is 11.4 Å². The normalized spacial score (nSPS) is 43.3. The number of carbonyl (C=O) groups is 2. The van der Waals surface area contributed by atoms with Crippen molar-refractivity contribution in [2.45, 2.75) is 82.6 Å². The first kappa shape index (κ1) is 30.3. The van der Waals surface area contributed by atoms with Gasteiger partial charge >= 0.3 is 5.97 Å². The fourth-order valence-electron chi connectivity index (χ4n) is 11.8. The topological polar surface area (TPSA) is 111 Å². The van der Waals surface area contributed by atoms with E-state index in [1.807, 2.05) is 66.4 Å². The summed E-state index contributed by atoms with van der Waals surface area (Å²) in [5, 5.41) is 33.8. The van der Waals surface area contributed by atoms with E-state index in [9.17, 15) is 20.1 Å². The molecule has 4 heterocycles. The van der Waals surface area contributed by atoms with Gasteiger partial charge in [0.05, 0.1) is 18.4 Å². The molecule has 2 spiro atoms. The number of fused-ring (bicyclic) bond motifs is 6. The van der Waals surface area contributed by atoms with Gasteiger partial charge in [-0.3, -0.25) is 19.4 Å². The summed E-state index contributed by atoms with van der Waals surface area (Å²) >= 11 is 0. The molecule has 4 aliphatic heterocycles. The number of aliphatic hydroxyl groups excluding tert-OH is 3. The zero-order chi connectivity index (χ0) is 32.2. The molecular weight excluding hydrogens is 580 g/mol. The van der Waals surface area contributed by atoms with E-state index in [0.29, 0.717) is 25.8 Å². The fraction of sp³-hybridized carbons (Fsp3) is 0.579. The standard InChI is InChI=1S/C38H46N2O6/c1-23-15-16-28-35(2,18-17-31(42)36(28,3)22-41)26(23)20-29-37(32(43)21-46-34(37)45)30-14-9-19-39(30)38(29)25-12-7-8-13-27(25)40(33(38)44)24-10-5-4-6-11-24/h4-8,10-13,26,28-32,41-43H,1,9,14-22H2,2-3H3/t26-,28+,29?,30?,31-,32-,35+,36+,37-,38+/m1/s1. The maximum atomic E-state index is 15.5. The van der Waals surface area contributed by atoms with Crippen LogP contribution in [0.25, 0.3) is 0 Å². The van der Waals surface area contributed by atoms with Crippen LogP contribution >= 0.6 is 0 Å². The molecule has 3 N–H and O–H groups in total. The van der Waals surface area contributed by atoms with Crippen molar-refractivity contribution in [3.05, 3.63) is 72.3 Å². The Hall–Kier alpha value is -3.04. The molecule has 2 aromatic rings. The predicted molar refractivity (Wildman–Crippen MR) is 173 cm³/mol. The van der Waals surface area contributed by atoms with E-state index >= 15 is 4.79 Å². The smallest absolute Gasteiger partial charge is 0.316 e. The van der Waals surface area contributed by atoms with Crippen LogP contribution in [0.3, 0.4) is 0 Å². The van der Waals surface area contributed by atoms with E-state index in [4.69, 9.17) is 4.74 Å². The Morgan fingerprint density at radius 1 is 0.978 bits per heavy atom. The van der Waals surface area contributed by atoms with E-state index in [-0.39, 0.29) is 42.4 Å². The Labute approximate surface area is 271 Å². The first-order valence-corrected chi connectivity index (χ1v) is 17.2. The van der Waals surface area contributed by atoms with Crippen molar-refractivity contribution in [2.24, 2.45) is 34.0 Å². The van der Waals surface area contributed by atoms with Crippen molar-refractivity contribution < 1.29 is 29.6 Å². The molecule has 0 radical (unpaired) electrons. The number of benzene rings is 2. The minimum Gasteiger partial charge on any atom is -0.462 e. The molecule has 1 amide bonds. The molecule has 0 aromatic heterocycles. The lowest BCUT2D eigenvalue weighted by atomic mass is 9.44. The number of nitrogens with zero attached hydrogens (tertiary/aromatic N) is 2. The second kappa shape index (κ2) is 10.2. The van der Waals surface area contributed by atoms with Gasteiger partial charge in [-0.2, -0.15) is 0 Å². The molecule has 46 heavy (non-hydrogen) atoms. The van der Waals surface area contributed by atoms with Crippen molar-refractivity contribution >= 4 is 23.3 Å². The zero-order valence-corrected chi connectivity index (χ0v) is 26.9. The number of para-hydroxylation sites is 2. The van der Waals surface area contributed by atoms with Gasteiger partial charge < -0.3 is 20.1 Å². The summed E-state index contributed by atoms with van der Waals surface area (Å²) in [6.45, 7) is 9.36. The largest absolute Gasteiger partial charge is 0.462 e. The van der Waals surface area contributed by atoms with Crippen LogP contribution in [0.5, 0.6) is 0 Å². The lowest BCUT2D eigenvalue weighted by Gasteiger charge is -2.60. The van der Waals surface area contributed by atoms with Crippen LogP contribution in [-0.4, -0.2) is 70.1 Å². The maximum absolute atomic E-state index is 15.5. The number of hydrogen-bond donors (Lipinski definition) is 3. The first-order chi connectivity index (χ1) is 22.1. The summed E-state index contributed by atoms with van der Waals surface area (Å²) in [7, 11) is 0. The number of hydrogen-bond acceptors (Lipinski definition) is 7. The number of carbonyl (C=O) groups excluding carboxylic acids is 2. The van der Waals surface area contributed by atoms with Crippen molar-refractivity contribution in [1.29, 1.82) is 0 Å². The number of rotatable bonds is 4. The molecule has 0 bridgehead atoms. The highest BCUT2D eigenvalue weighted by atomic mass is 16.6. The molecule has 3 saturated heterocycles. The van der Waals surface area contributed by atoms with E-state index in [1.54, 1.807) is 0 Å². The van der Waals surface area contributed by atoms with Gasteiger partial charge in [-0.1, -0.05) is 62.4 Å². The van der Waals surface area contributed by atoms with Gasteiger partial charge in [0.25, 0.3) is 5.91 Å². The Morgan fingerprint density at radius 3 is 2.43 bits per heavy atom. The molecule has 5 fully saturated rings. The highest BCUT2D eigenvalue weighted by Crippen LogP contribution is 2.70. The van der Waals surface area contributed by atoms with Crippen LogP contribution < -0.4 is 4.90 Å². The molecule has 8 rings (SSSR count). The minimum absolute atomic E-state index is 0.0326. The Bertz CT molecular complexity index is 1600. The summed E-state index contributed by atoms with van der Waals surface area (Å²) in [5.74, 6) is -1.12. The van der Waals surface area contributed by atoms with Crippen LogP contribution in [0.15, 0.2) is 66.7 Å². The average Bonchev–Trinajstić information content (AvgIpc) is 3.78. The SMILES string of the molecule is C=C1CC[C@@H]2[C@](C)(CO)[C@H](O)CC[C@@]2(C)[C@@H]1CC1[C@@]2(C(=O)OC[C@H]2O)C2CCCN2[C@]12C(=O)N(c1ccccc1)c1ccccc12. The molecular formula is C38H46N2O6. The van der Waals surface area contributed by atoms with E-state index in [2.05, 4.69) is 18.4 Å². The Balaban J connectivity index is 1.35. The van der Waals surface area contributed by atoms with Crippen molar-refractivity contribution in [3.8, 4) is 0 Å². The van der Waals surface area contributed by atoms with Gasteiger partial charge in [0, 0.05) is 28.6 Å². The molecule has 244 valence electrons. The number of allylic oxidation sites excluding steroid dienone is 1. The van der Waals surface area contributed by atoms with Gasteiger partial charge in [-0.15, -0.1) is 0 Å². The van der Waals surface area contributed by atoms with Gasteiger partial charge in [-0.25, -0.2) is 0 Å². The van der Waals surface area contributed by atoms with Crippen LogP contribution in [0.2, 0.25) is 0 Å². The molecule has 6 aliphatic rings. The summed E-state index contributed by atoms with van der Waals surface area (Å²) < 4.78 is 5.76. The fourth-order valence-corrected chi connectivity index (χ4v) is 11.8. The molecule has 2 saturated carbocycles. The van der Waals surface area contributed by atoms with Gasteiger partial charge in [0.1, 0.15) is 23.7 Å². The first-order valence-electron chi connectivity index (χ1n) is 17.2. The summed E-state index contributed by atoms with van der Waals surface area (Å²) in [5.41, 5.74) is 0.111. The number of aliphatic hydroxyl groups is 3. The minimum atomic E-state index is -1.27. The van der Waals surface area contributed by atoms with Gasteiger partial charge in [0.2, 0.25) is 0 Å². The van der Waals surface area contributed by atoms with E-state index in [0.717, 1.165) is 48.2 Å². The number of esters is 1. The second-order valence-electron chi connectivity index (χ2n) is 15.5.